The molecule has 0 amide bonds. The Kier molecular flexibility index (Phi) is 2.72. The fourth-order valence-corrected chi connectivity index (χ4v) is 1.91. The van der Waals surface area contributed by atoms with E-state index in [0.29, 0.717) is 10.7 Å². The van der Waals surface area contributed by atoms with Gasteiger partial charge in [-0.1, -0.05) is 23.7 Å². The van der Waals surface area contributed by atoms with E-state index in [2.05, 4.69) is 11.1 Å². The zero-order valence-corrected chi connectivity index (χ0v) is 9.89. The molecule has 0 radical (unpaired) electrons. The van der Waals surface area contributed by atoms with Crippen LogP contribution in [0.25, 0.3) is 11.1 Å². The predicted molar refractivity (Wildman–Crippen MR) is 65.4 cm³/mol. The van der Waals surface area contributed by atoms with Crippen LogP contribution in [-0.4, -0.2) is 4.98 Å². The van der Waals surface area contributed by atoms with Crippen LogP contribution in [0.5, 0.6) is 0 Å². The molecule has 0 saturated heterocycles. The molecule has 0 unspecified atom stereocenters. The van der Waals surface area contributed by atoms with Crippen molar-refractivity contribution in [3.8, 4) is 17.2 Å². The minimum absolute atomic E-state index is 0.609. The fraction of sp³-hybridized carbons (Fsp3) is 0.154. The number of nitrogens with one attached hydrogen (secondary N) is 1. The van der Waals surface area contributed by atoms with Crippen LogP contribution in [-0.2, 0) is 0 Å². The van der Waals surface area contributed by atoms with E-state index in [9.17, 15) is 0 Å². The van der Waals surface area contributed by atoms with Gasteiger partial charge >= 0.3 is 0 Å². The Bertz CT molecular complexity index is 559. The molecular formula is C13H11ClN2. The summed E-state index contributed by atoms with van der Waals surface area (Å²) in [5, 5.41) is 9.77. The maximum atomic E-state index is 9.06. The van der Waals surface area contributed by atoms with Gasteiger partial charge in [-0.2, -0.15) is 5.26 Å². The van der Waals surface area contributed by atoms with E-state index in [1.807, 2.05) is 38.1 Å². The lowest BCUT2D eigenvalue weighted by atomic mass is 10.0. The van der Waals surface area contributed by atoms with Gasteiger partial charge in [0.05, 0.1) is 0 Å². The van der Waals surface area contributed by atoms with Gasteiger partial charge in [-0.25, -0.2) is 0 Å². The maximum Gasteiger partial charge on any atom is 0.125 e. The number of H-pyrrole nitrogens is 1. The number of aryl methyl sites for hydroxylation is 1. The molecule has 0 bridgehead atoms. The summed E-state index contributed by atoms with van der Waals surface area (Å²) in [5.74, 6) is 0. The van der Waals surface area contributed by atoms with Crippen LogP contribution in [0.1, 0.15) is 17.0 Å². The molecule has 0 aliphatic carbocycles. The summed E-state index contributed by atoms with van der Waals surface area (Å²) in [6.45, 7) is 3.98. The van der Waals surface area contributed by atoms with Crippen LogP contribution in [0, 0.1) is 25.2 Å². The second-order valence-corrected chi connectivity index (χ2v) is 4.18. The number of nitrogens with zero attached hydrogens (tertiary/aromatic N) is 1. The van der Waals surface area contributed by atoms with Crippen molar-refractivity contribution in [3.05, 3.63) is 46.2 Å². The molecule has 80 valence electrons. The molecule has 0 saturated carbocycles. The van der Waals surface area contributed by atoms with Crippen LogP contribution in [0.4, 0.5) is 0 Å². The molecule has 1 heterocycles. The summed E-state index contributed by atoms with van der Waals surface area (Å²) in [6, 6.07) is 9.71. The number of hydrogen-bond acceptors (Lipinski definition) is 1. The third-order valence-electron chi connectivity index (χ3n) is 2.74. The van der Waals surface area contributed by atoms with E-state index < -0.39 is 0 Å². The number of hydrogen-bond donors (Lipinski definition) is 1. The third kappa shape index (κ3) is 1.70. The first-order valence-corrected chi connectivity index (χ1v) is 5.36. The topological polar surface area (TPSA) is 39.6 Å². The van der Waals surface area contributed by atoms with Gasteiger partial charge in [-0.3, -0.25) is 0 Å². The van der Waals surface area contributed by atoms with Crippen LogP contribution in [0.2, 0.25) is 5.02 Å². The average Bonchev–Trinajstić information content (AvgIpc) is 2.57. The highest BCUT2D eigenvalue weighted by atomic mass is 35.5. The molecule has 0 spiro atoms. The molecule has 0 atom stereocenters. The number of rotatable bonds is 1. The van der Waals surface area contributed by atoms with Gasteiger partial charge in [0, 0.05) is 16.3 Å². The second-order valence-electron chi connectivity index (χ2n) is 3.74. The van der Waals surface area contributed by atoms with Crippen LogP contribution in [0.15, 0.2) is 24.3 Å². The minimum Gasteiger partial charge on any atom is -0.350 e. The van der Waals surface area contributed by atoms with E-state index in [1.165, 1.54) is 0 Å². The van der Waals surface area contributed by atoms with Crippen molar-refractivity contribution in [2.45, 2.75) is 13.8 Å². The van der Waals surface area contributed by atoms with E-state index in [4.69, 9.17) is 16.9 Å². The third-order valence-corrected chi connectivity index (χ3v) is 3.00. The van der Waals surface area contributed by atoms with Crippen molar-refractivity contribution in [3.63, 3.8) is 0 Å². The van der Waals surface area contributed by atoms with E-state index in [0.717, 1.165) is 22.4 Å². The number of benzene rings is 1. The van der Waals surface area contributed by atoms with E-state index >= 15 is 0 Å². The number of halogens is 1. The highest BCUT2D eigenvalue weighted by Crippen LogP contribution is 2.29. The first-order chi connectivity index (χ1) is 7.63. The molecule has 2 rings (SSSR count). The highest BCUT2D eigenvalue weighted by Gasteiger charge is 2.12. The summed E-state index contributed by atoms with van der Waals surface area (Å²) >= 11 is 5.84. The first-order valence-electron chi connectivity index (χ1n) is 4.98. The molecule has 16 heavy (non-hydrogen) atoms. The first kappa shape index (κ1) is 10.8. The monoisotopic (exact) mass is 230 g/mol. The van der Waals surface area contributed by atoms with E-state index in [1.54, 1.807) is 0 Å². The molecule has 0 aliphatic rings. The zero-order chi connectivity index (χ0) is 11.7. The number of aromatic nitrogens is 1. The zero-order valence-electron chi connectivity index (χ0n) is 9.13. The van der Waals surface area contributed by atoms with Crippen molar-refractivity contribution >= 4 is 11.6 Å². The maximum absolute atomic E-state index is 9.06. The SMILES string of the molecule is Cc1[nH]c(C#N)c(-c2ccc(Cl)cc2)c1C. The lowest BCUT2D eigenvalue weighted by Gasteiger charge is -2.01. The molecule has 1 aromatic carbocycles. The van der Waals surface area contributed by atoms with Crippen molar-refractivity contribution < 1.29 is 0 Å². The number of aromatic amines is 1. The second kappa shape index (κ2) is 4.03. The van der Waals surface area contributed by atoms with Crippen LogP contribution < -0.4 is 0 Å². The molecule has 3 heteroatoms. The molecule has 0 fully saturated rings. The fourth-order valence-electron chi connectivity index (χ4n) is 1.78. The molecule has 1 N–H and O–H groups in total. The minimum atomic E-state index is 0.609. The Hall–Kier alpha value is -1.72. The van der Waals surface area contributed by atoms with Crippen molar-refractivity contribution in [1.29, 1.82) is 5.26 Å². The normalized spacial score (nSPS) is 10.1. The summed E-state index contributed by atoms with van der Waals surface area (Å²) in [6.07, 6.45) is 0. The summed E-state index contributed by atoms with van der Waals surface area (Å²) in [5.41, 5.74) is 4.73. The average molecular weight is 231 g/mol. The quantitative estimate of drug-likeness (QED) is 0.795. The van der Waals surface area contributed by atoms with Gasteiger partial charge in [0.2, 0.25) is 0 Å². The molecule has 2 nitrogen and oxygen atoms in total. The van der Waals surface area contributed by atoms with Crippen molar-refractivity contribution in [1.82, 2.24) is 4.98 Å². The lowest BCUT2D eigenvalue weighted by Crippen LogP contribution is -1.82. The van der Waals surface area contributed by atoms with Gasteiger partial charge in [-0.05, 0) is 37.1 Å². The largest absolute Gasteiger partial charge is 0.350 e. The Balaban J connectivity index is 2.64. The predicted octanol–water partition coefficient (Wildman–Crippen LogP) is 3.82. The lowest BCUT2D eigenvalue weighted by molar-refractivity contribution is 1.21. The van der Waals surface area contributed by atoms with Crippen molar-refractivity contribution in [2.24, 2.45) is 0 Å². The Morgan fingerprint density at radius 1 is 1.19 bits per heavy atom. The van der Waals surface area contributed by atoms with Gasteiger partial charge in [0.15, 0.2) is 0 Å². The molecular weight excluding hydrogens is 220 g/mol. The van der Waals surface area contributed by atoms with Gasteiger partial charge in [0.25, 0.3) is 0 Å². The van der Waals surface area contributed by atoms with Gasteiger partial charge in [0.1, 0.15) is 11.8 Å². The number of nitriles is 1. The van der Waals surface area contributed by atoms with Crippen molar-refractivity contribution in [2.75, 3.05) is 0 Å². The Labute approximate surface area is 99.5 Å². The summed E-state index contributed by atoms with van der Waals surface area (Å²) < 4.78 is 0. The summed E-state index contributed by atoms with van der Waals surface area (Å²) in [7, 11) is 0. The Morgan fingerprint density at radius 3 is 2.38 bits per heavy atom. The molecule has 2 aromatic rings. The van der Waals surface area contributed by atoms with Gasteiger partial charge < -0.3 is 4.98 Å². The standard InChI is InChI=1S/C13H11ClN2/c1-8-9(2)16-12(7-15)13(8)10-3-5-11(14)6-4-10/h3-6,16H,1-2H3. The molecule has 0 aliphatic heterocycles. The van der Waals surface area contributed by atoms with E-state index in [-0.39, 0.29) is 0 Å². The van der Waals surface area contributed by atoms with Crippen LogP contribution >= 0.6 is 11.6 Å². The summed E-state index contributed by atoms with van der Waals surface area (Å²) in [4.78, 5) is 3.08. The smallest absolute Gasteiger partial charge is 0.125 e. The highest BCUT2D eigenvalue weighted by molar-refractivity contribution is 6.30. The van der Waals surface area contributed by atoms with Crippen LogP contribution in [0.3, 0.4) is 0 Å². The van der Waals surface area contributed by atoms with Gasteiger partial charge in [-0.15, -0.1) is 0 Å². The Morgan fingerprint density at radius 2 is 1.81 bits per heavy atom. The molecule has 1 aromatic heterocycles.